The maximum absolute atomic E-state index is 6.00. The third-order valence-electron chi connectivity index (χ3n) is 2.59. The Bertz CT molecular complexity index is 570. The van der Waals surface area contributed by atoms with E-state index in [1.165, 1.54) is 16.0 Å². The fraction of sp³-hybridized carbons (Fsp3) is 0.286. The Balaban J connectivity index is 2.33. The molecule has 0 radical (unpaired) electrons. The Morgan fingerprint density at radius 2 is 1.94 bits per heavy atom. The van der Waals surface area contributed by atoms with Gasteiger partial charge in [-0.15, -0.1) is 0 Å². The van der Waals surface area contributed by atoms with E-state index >= 15 is 0 Å². The summed E-state index contributed by atoms with van der Waals surface area (Å²) in [7, 11) is 0. The van der Waals surface area contributed by atoms with Crippen molar-refractivity contribution in [2.45, 2.75) is 37.1 Å². The Labute approximate surface area is 117 Å². The van der Waals surface area contributed by atoms with Gasteiger partial charge in [0.1, 0.15) is 16.0 Å². The van der Waals surface area contributed by atoms with Gasteiger partial charge in [0.2, 0.25) is 0 Å². The molecule has 0 saturated carbocycles. The number of aromatic nitrogens is 2. The molecule has 4 heteroatoms. The summed E-state index contributed by atoms with van der Waals surface area (Å²) in [6.45, 7) is 6.22. The highest BCUT2D eigenvalue weighted by Crippen LogP contribution is 2.30. The first-order valence-corrected chi connectivity index (χ1v) is 7.06. The van der Waals surface area contributed by atoms with E-state index in [2.05, 4.69) is 42.0 Å². The number of halogens is 1. The third-order valence-corrected chi connectivity index (χ3v) is 3.86. The minimum Gasteiger partial charge on any atom is -0.226 e. The first-order valence-electron chi connectivity index (χ1n) is 5.87. The summed E-state index contributed by atoms with van der Waals surface area (Å²) in [6.07, 6.45) is 0.793. The molecule has 0 bridgehead atoms. The lowest BCUT2D eigenvalue weighted by Crippen LogP contribution is -1.94. The molecule has 18 heavy (non-hydrogen) atoms. The number of rotatable bonds is 3. The average Bonchev–Trinajstić information content (AvgIpc) is 2.33. The molecule has 0 N–H and O–H groups in total. The van der Waals surface area contributed by atoms with E-state index in [9.17, 15) is 0 Å². The zero-order valence-corrected chi connectivity index (χ0v) is 12.3. The predicted octanol–water partition coefficient (Wildman–Crippen LogP) is 4.46. The fourth-order valence-corrected chi connectivity index (χ4v) is 2.87. The van der Waals surface area contributed by atoms with Crippen LogP contribution in [0.25, 0.3) is 0 Å². The molecule has 0 amide bonds. The Morgan fingerprint density at radius 1 is 1.17 bits per heavy atom. The molecule has 0 aliphatic rings. The van der Waals surface area contributed by atoms with Crippen LogP contribution in [0.5, 0.6) is 0 Å². The molecule has 0 spiro atoms. The lowest BCUT2D eigenvalue weighted by molar-refractivity contribution is 0.888. The lowest BCUT2D eigenvalue weighted by atomic mass is 10.2. The van der Waals surface area contributed by atoms with Crippen molar-refractivity contribution in [3.63, 3.8) is 0 Å². The van der Waals surface area contributed by atoms with Crippen LogP contribution in [-0.4, -0.2) is 9.97 Å². The van der Waals surface area contributed by atoms with Crippen LogP contribution in [0.15, 0.2) is 34.2 Å². The molecule has 0 saturated heterocycles. The van der Waals surface area contributed by atoms with Crippen molar-refractivity contribution in [2.24, 2.45) is 0 Å². The third kappa shape index (κ3) is 3.24. The highest BCUT2D eigenvalue weighted by molar-refractivity contribution is 7.99. The topological polar surface area (TPSA) is 25.8 Å². The summed E-state index contributed by atoms with van der Waals surface area (Å²) in [5.74, 6) is 0.787. The minimum absolute atomic E-state index is 0.509. The van der Waals surface area contributed by atoms with Crippen molar-refractivity contribution in [1.29, 1.82) is 0 Å². The van der Waals surface area contributed by atoms with Gasteiger partial charge in [0, 0.05) is 17.4 Å². The van der Waals surface area contributed by atoms with Crippen LogP contribution in [0, 0.1) is 13.8 Å². The highest BCUT2D eigenvalue weighted by atomic mass is 35.5. The molecule has 94 valence electrons. The number of benzene rings is 1. The molecule has 1 aromatic carbocycles. The molecule has 0 aliphatic heterocycles. The van der Waals surface area contributed by atoms with Gasteiger partial charge in [0.25, 0.3) is 0 Å². The Morgan fingerprint density at radius 3 is 2.67 bits per heavy atom. The van der Waals surface area contributed by atoms with Crippen molar-refractivity contribution in [1.82, 2.24) is 9.97 Å². The molecule has 0 unspecified atom stereocenters. The monoisotopic (exact) mass is 278 g/mol. The van der Waals surface area contributed by atoms with Gasteiger partial charge >= 0.3 is 0 Å². The fourth-order valence-electron chi connectivity index (χ4n) is 1.58. The number of hydrogen-bond acceptors (Lipinski definition) is 3. The second-order valence-electron chi connectivity index (χ2n) is 4.17. The van der Waals surface area contributed by atoms with Crippen LogP contribution in [-0.2, 0) is 6.42 Å². The Kier molecular flexibility index (Phi) is 4.25. The summed E-state index contributed by atoms with van der Waals surface area (Å²) in [5, 5.41) is 1.41. The van der Waals surface area contributed by atoms with Crippen molar-refractivity contribution < 1.29 is 0 Å². The standard InChI is InChI=1S/C14H15ClN2S/c1-4-13-16-12(15)8-14(17-13)18-11-7-9(2)5-6-10(11)3/h5-8H,4H2,1-3H3. The quantitative estimate of drug-likeness (QED) is 0.775. The Hall–Kier alpha value is -1.06. The molecule has 0 atom stereocenters. The van der Waals surface area contributed by atoms with Crippen molar-refractivity contribution in [2.75, 3.05) is 0 Å². The average molecular weight is 279 g/mol. The van der Waals surface area contributed by atoms with E-state index < -0.39 is 0 Å². The van der Waals surface area contributed by atoms with Crippen LogP contribution in [0.3, 0.4) is 0 Å². The molecule has 1 aromatic heterocycles. The maximum atomic E-state index is 6.00. The van der Waals surface area contributed by atoms with Gasteiger partial charge in [-0.3, -0.25) is 0 Å². The second kappa shape index (κ2) is 5.72. The molecule has 1 heterocycles. The minimum atomic E-state index is 0.509. The maximum Gasteiger partial charge on any atom is 0.133 e. The normalized spacial score (nSPS) is 10.7. The summed E-state index contributed by atoms with van der Waals surface area (Å²) in [4.78, 5) is 9.88. The molecule has 2 aromatic rings. The van der Waals surface area contributed by atoms with Gasteiger partial charge in [-0.05, 0) is 31.0 Å². The van der Waals surface area contributed by atoms with E-state index in [0.29, 0.717) is 5.15 Å². The van der Waals surface area contributed by atoms with Gasteiger partial charge in [0.05, 0.1) is 0 Å². The number of aryl methyl sites for hydroxylation is 3. The molecular weight excluding hydrogens is 264 g/mol. The summed E-state index contributed by atoms with van der Waals surface area (Å²) in [6, 6.07) is 8.22. The SMILES string of the molecule is CCc1nc(Cl)cc(Sc2cc(C)ccc2C)n1. The van der Waals surface area contributed by atoms with Crippen LogP contribution in [0.1, 0.15) is 23.9 Å². The highest BCUT2D eigenvalue weighted by Gasteiger charge is 2.06. The first kappa shape index (κ1) is 13.4. The van der Waals surface area contributed by atoms with Gasteiger partial charge in [-0.2, -0.15) is 0 Å². The smallest absolute Gasteiger partial charge is 0.133 e. The number of hydrogen-bond donors (Lipinski definition) is 0. The summed E-state index contributed by atoms with van der Waals surface area (Å²) >= 11 is 7.64. The van der Waals surface area contributed by atoms with Gasteiger partial charge in [0.15, 0.2) is 0 Å². The van der Waals surface area contributed by atoms with E-state index in [0.717, 1.165) is 17.3 Å². The summed E-state index contributed by atoms with van der Waals surface area (Å²) < 4.78 is 0. The molecule has 0 fully saturated rings. The first-order chi connectivity index (χ1) is 8.58. The van der Waals surface area contributed by atoms with Gasteiger partial charge < -0.3 is 0 Å². The van der Waals surface area contributed by atoms with Gasteiger partial charge in [-0.1, -0.05) is 42.4 Å². The van der Waals surface area contributed by atoms with E-state index in [-0.39, 0.29) is 0 Å². The van der Waals surface area contributed by atoms with Crippen LogP contribution in [0.4, 0.5) is 0 Å². The largest absolute Gasteiger partial charge is 0.226 e. The molecular formula is C14H15ClN2S. The van der Waals surface area contributed by atoms with E-state index in [1.54, 1.807) is 11.8 Å². The predicted molar refractivity (Wildman–Crippen MR) is 76.5 cm³/mol. The van der Waals surface area contributed by atoms with Crippen LogP contribution < -0.4 is 0 Å². The second-order valence-corrected chi connectivity index (χ2v) is 5.62. The van der Waals surface area contributed by atoms with Crippen molar-refractivity contribution in [3.8, 4) is 0 Å². The molecule has 2 rings (SSSR count). The van der Waals surface area contributed by atoms with Crippen LogP contribution >= 0.6 is 23.4 Å². The number of nitrogens with zero attached hydrogens (tertiary/aromatic N) is 2. The van der Waals surface area contributed by atoms with Gasteiger partial charge in [-0.25, -0.2) is 9.97 Å². The summed E-state index contributed by atoms with van der Waals surface area (Å²) in [5.41, 5.74) is 2.50. The zero-order valence-electron chi connectivity index (χ0n) is 10.7. The lowest BCUT2D eigenvalue weighted by Gasteiger charge is -2.07. The van der Waals surface area contributed by atoms with E-state index in [4.69, 9.17) is 11.6 Å². The van der Waals surface area contributed by atoms with E-state index in [1.807, 2.05) is 13.0 Å². The van der Waals surface area contributed by atoms with Crippen molar-refractivity contribution >= 4 is 23.4 Å². The van der Waals surface area contributed by atoms with Crippen LogP contribution in [0.2, 0.25) is 5.15 Å². The molecule has 0 aliphatic carbocycles. The zero-order chi connectivity index (χ0) is 13.1. The molecule has 2 nitrogen and oxygen atoms in total. The van der Waals surface area contributed by atoms with Crippen molar-refractivity contribution in [3.05, 3.63) is 46.4 Å².